The Morgan fingerprint density at radius 3 is 2.71 bits per heavy atom. The number of fused-ring (bicyclic) bond motifs is 1. The van der Waals surface area contributed by atoms with Crippen molar-refractivity contribution < 1.29 is 4.79 Å². The lowest BCUT2D eigenvalue weighted by Gasteiger charge is -2.33. The average molecular weight is 349 g/mol. The van der Waals surface area contributed by atoms with Crippen molar-refractivity contribution in [2.24, 2.45) is 0 Å². The molecule has 1 unspecified atom stereocenters. The Hall–Kier alpha value is -1.85. The molecule has 2 aromatic rings. The van der Waals surface area contributed by atoms with Gasteiger partial charge in [-0.1, -0.05) is 44.2 Å². The molecule has 0 aliphatic carbocycles. The summed E-state index contributed by atoms with van der Waals surface area (Å²) in [5.74, 6) is -0.109. The highest BCUT2D eigenvalue weighted by Gasteiger charge is 2.31. The Labute approximate surface area is 149 Å². The van der Waals surface area contributed by atoms with Gasteiger partial charge in [0.2, 0.25) is 0 Å². The highest BCUT2D eigenvalue weighted by atomic mass is 35.5. The summed E-state index contributed by atoms with van der Waals surface area (Å²) in [6.07, 6.45) is 0.890. The number of aromatic amines is 1. The van der Waals surface area contributed by atoms with E-state index in [2.05, 4.69) is 46.8 Å². The van der Waals surface area contributed by atoms with E-state index in [0.717, 1.165) is 24.2 Å². The molecule has 1 aromatic heterocycles. The van der Waals surface area contributed by atoms with Crippen LogP contribution in [0, 0.1) is 0 Å². The van der Waals surface area contributed by atoms with Gasteiger partial charge in [0.15, 0.2) is 5.69 Å². The average Bonchev–Trinajstić information content (AvgIpc) is 2.99. The number of H-pyrrole nitrogens is 1. The van der Waals surface area contributed by atoms with Crippen LogP contribution in [0.3, 0.4) is 0 Å². The maximum atomic E-state index is 12.6. The summed E-state index contributed by atoms with van der Waals surface area (Å²) < 4.78 is 0. The van der Waals surface area contributed by atoms with E-state index < -0.39 is 0 Å². The number of carbonyl (C=O) groups excluding carboxylic acids is 1. The minimum atomic E-state index is -0.161. The zero-order valence-electron chi connectivity index (χ0n) is 14.3. The van der Waals surface area contributed by atoms with Crippen molar-refractivity contribution in [3.8, 4) is 0 Å². The summed E-state index contributed by atoms with van der Waals surface area (Å²) in [6.45, 7) is 7.96. The molecule has 0 spiro atoms. The van der Waals surface area contributed by atoms with E-state index >= 15 is 0 Å². The van der Waals surface area contributed by atoms with E-state index in [-0.39, 0.29) is 29.8 Å². The number of nitrogens with one attached hydrogen (secondary N) is 3. The van der Waals surface area contributed by atoms with Gasteiger partial charge in [-0.05, 0) is 12.5 Å². The Morgan fingerprint density at radius 1 is 1.29 bits per heavy atom. The third kappa shape index (κ3) is 3.47. The predicted molar refractivity (Wildman–Crippen MR) is 97.6 cm³/mol. The molecule has 1 amide bonds. The van der Waals surface area contributed by atoms with E-state index in [9.17, 15) is 4.79 Å². The van der Waals surface area contributed by atoms with Crippen molar-refractivity contribution >= 4 is 18.3 Å². The molecule has 5 nitrogen and oxygen atoms in total. The topological polar surface area (TPSA) is 69.8 Å². The SMILES string of the molecule is CC(NC(=O)c1n[nH]c2c1CNCC2)C(C)(C)c1ccccc1.Cl. The fraction of sp³-hybridized carbons (Fsp3) is 0.444. The number of amides is 1. The number of nitrogens with zero attached hydrogens (tertiary/aromatic N) is 1. The number of hydrogen-bond acceptors (Lipinski definition) is 3. The summed E-state index contributed by atoms with van der Waals surface area (Å²) in [7, 11) is 0. The van der Waals surface area contributed by atoms with Crippen molar-refractivity contribution in [1.29, 1.82) is 0 Å². The van der Waals surface area contributed by atoms with Crippen molar-refractivity contribution in [3.05, 3.63) is 52.8 Å². The van der Waals surface area contributed by atoms with Gasteiger partial charge in [-0.2, -0.15) is 5.10 Å². The molecular formula is C18H25ClN4O. The van der Waals surface area contributed by atoms with Crippen LogP contribution in [-0.4, -0.2) is 28.7 Å². The predicted octanol–water partition coefficient (Wildman–Crippen LogP) is 2.57. The summed E-state index contributed by atoms with van der Waals surface area (Å²) >= 11 is 0. The van der Waals surface area contributed by atoms with Crippen molar-refractivity contribution in [2.75, 3.05) is 6.54 Å². The zero-order valence-corrected chi connectivity index (χ0v) is 15.2. The number of rotatable bonds is 4. The summed E-state index contributed by atoms with van der Waals surface area (Å²) in [4.78, 5) is 12.6. The van der Waals surface area contributed by atoms with Crippen LogP contribution in [0.4, 0.5) is 0 Å². The van der Waals surface area contributed by atoms with Gasteiger partial charge in [-0.3, -0.25) is 9.89 Å². The third-order valence-electron chi connectivity index (χ3n) is 4.97. The van der Waals surface area contributed by atoms with Gasteiger partial charge < -0.3 is 10.6 Å². The van der Waals surface area contributed by atoms with Crippen molar-refractivity contribution in [1.82, 2.24) is 20.8 Å². The van der Waals surface area contributed by atoms with Crippen LogP contribution in [0.2, 0.25) is 0 Å². The van der Waals surface area contributed by atoms with Crippen LogP contribution in [0.15, 0.2) is 30.3 Å². The van der Waals surface area contributed by atoms with Gasteiger partial charge in [0.25, 0.3) is 5.91 Å². The highest BCUT2D eigenvalue weighted by Crippen LogP contribution is 2.27. The van der Waals surface area contributed by atoms with Gasteiger partial charge in [-0.25, -0.2) is 0 Å². The minimum Gasteiger partial charge on any atom is -0.347 e. The van der Waals surface area contributed by atoms with Crippen molar-refractivity contribution in [2.45, 2.75) is 45.2 Å². The van der Waals surface area contributed by atoms with E-state index in [4.69, 9.17) is 0 Å². The first kappa shape index (κ1) is 18.5. The molecule has 130 valence electrons. The van der Waals surface area contributed by atoms with Gasteiger partial charge >= 0.3 is 0 Å². The number of halogens is 1. The van der Waals surface area contributed by atoms with Gasteiger partial charge in [0.05, 0.1) is 0 Å². The van der Waals surface area contributed by atoms with E-state index in [1.54, 1.807) is 0 Å². The summed E-state index contributed by atoms with van der Waals surface area (Å²) in [6, 6.07) is 10.3. The first-order valence-corrected chi connectivity index (χ1v) is 8.13. The lowest BCUT2D eigenvalue weighted by atomic mass is 9.78. The largest absolute Gasteiger partial charge is 0.347 e. The number of hydrogen-bond donors (Lipinski definition) is 3. The fourth-order valence-corrected chi connectivity index (χ4v) is 2.98. The molecule has 0 fully saturated rings. The fourth-order valence-electron chi connectivity index (χ4n) is 2.98. The Kier molecular flexibility index (Phi) is 5.67. The number of aromatic nitrogens is 2. The Bertz CT molecular complexity index is 696. The maximum absolute atomic E-state index is 12.6. The van der Waals surface area contributed by atoms with E-state index in [0.29, 0.717) is 12.2 Å². The molecular weight excluding hydrogens is 324 g/mol. The van der Waals surface area contributed by atoms with Crippen molar-refractivity contribution in [3.63, 3.8) is 0 Å². The molecule has 0 radical (unpaired) electrons. The normalized spacial score (nSPS) is 15.1. The minimum absolute atomic E-state index is 0. The Morgan fingerprint density at radius 2 is 2.00 bits per heavy atom. The van der Waals surface area contributed by atoms with E-state index in [1.807, 2.05) is 25.1 Å². The standard InChI is InChI=1S/C18H24N4O.ClH/c1-12(18(2,3)13-7-5-4-6-8-13)20-17(23)16-14-11-19-10-9-15(14)21-22-16;/h4-8,12,19H,9-11H2,1-3H3,(H,20,23)(H,21,22);1H. The first-order valence-electron chi connectivity index (χ1n) is 8.13. The van der Waals surface area contributed by atoms with Crippen LogP contribution >= 0.6 is 12.4 Å². The number of benzene rings is 1. The second kappa shape index (κ2) is 7.36. The first-order chi connectivity index (χ1) is 11.0. The van der Waals surface area contributed by atoms with Crippen LogP contribution < -0.4 is 10.6 Å². The second-order valence-corrected chi connectivity index (χ2v) is 6.74. The molecule has 1 aliphatic rings. The second-order valence-electron chi connectivity index (χ2n) is 6.74. The molecule has 3 rings (SSSR count). The van der Waals surface area contributed by atoms with Crippen LogP contribution in [0.1, 0.15) is 48.1 Å². The molecule has 1 aromatic carbocycles. The molecule has 0 saturated carbocycles. The monoisotopic (exact) mass is 348 g/mol. The van der Waals surface area contributed by atoms with E-state index in [1.165, 1.54) is 5.56 Å². The van der Waals surface area contributed by atoms with Crippen LogP contribution in [0.5, 0.6) is 0 Å². The van der Waals surface area contributed by atoms with Gasteiger partial charge in [-0.15, -0.1) is 12.4 Å². The van der Waals surface area contributed by atoms with Gasteiger partial charge in [0, 0.05) is 42.2 Å². The summed E-state index contributed by atoms with van der Waals surface area (Å²) in [5.41, 5.74) is 3.63. The quantitative estimate of drug-likeness (QED) is 0.795. The molecule has 0 bridgehead atoms. The van der Waals surface area contributed by atoms with Gasteiger partial charge in [0.1, 0.15) is 0 Å². The molecule has 0 saturated heterocycles. The lowest BCUT2D eigenvalue weighted by Crippen LogP contribution is -2.45. The zero-order chi connectivity index (χ0) is 16.4. The molecule has 1 aliphatic heterocycles. The highest BCUT2D eigenvalue weighted by molar-refractivity contribution is 5.94. The number of carbonyl (C=O) groups is 1. The maximum Gasteiger partial charge on any atom is 0.272 e. The molecule has 2 heterocycles. The molecule has 6 heteroatoms. The lowest BCUT2D eigenvalue weighted by molar-refractivity contribution is 0.0917. The van der Waals surface area contributed by atoms with Crippen LogP contribution in [-0.2, 0) is 18.4 Å². The van der Waals surface area contributed by atoms with Crippen LogP contribution in [0.25, 0.3) is 0 Å². The Balaban J connectivity index is 0.00000208. The molecule has 24 heavy (non-hydrogen) atoms. The molecule has 1 atom stereocenters. The third-order valence-corrected chi connectivity index (χ3v) is 4.97. The molecule has 3 N–H and O–H groups in total. The smallest absolute Gasteiger partial charge is 0.272 e. The summed E-state index contributed by atoms with van der Waals surface area (Å²) in [5, 5.41) is 13.6.